The van der Waals surface area contributed by atoms with Crippen LogP contribution in [0.1, 0.15) is 59.3 Å². The molecule has 4 aliphatic rings. The van der Waals surface area contributed by atoms with Crippen LogP contribution in [0.15, 0.2) is 23.8 Å². The number of esters is 1. The van der Waals surface area contributed by atoms with Gasteiger partial charge in [0, 0.05) is 17.8 Å². The van der Waals surface area contributed by atoms with E-state index in [2.05, 4.69) is 19.9 Å². The SMILES string of the molecule is CC(=O)O[C@H]1CCC2C3CCC4=CC(=O)C=C[C@]4(C)C3CC[C@@]21C. The molecule has 3 nitrogen and oxygen atoms in total. The molecule has 3 saturated carbocycles. The average Bonchev–Trinajstić information content (AvgIpc) is 2.84. The second-order valence-corrected chi connectivity index (χ2v) is 8.82. The summed E-state index contributed by atoms with van der Waals surface area (Å²) in [5.74, 6) is 1.96. The number of hydrogen-bond donors (Lipinski definition) is 0. The minimum atomic E-state index is -0.140. The van der Waals surface area contributed by atoms with Crippen LogP contribution in [-0.4, -0.2) is 17.9 Å². The van der Waals surface area contributed by atoms with Crippen LogP contribution in [0, 0.1) is 28.6 Å². The zero-order valence-corrected chi connectivity index (χ0v) is 15.0. The molecule has 3 unspecified atom stereocenters. The summed E-state index contributed by atoms with van der Waals surface area (Å²) in [6.45, 7) is 6.22. The van der Waals surface area contributed by atoms with E-state index in [0.29, 0.717) is 17.8 Å². The Balaban J connectivity index is 1.63. The summed E-state index contributed by atoms with van der Waals surface area (Å²) in [7, 11) is 0. The zero-order chi connectivity index (χ0) is 17.1. The maximum absolute atomic E-state index is 11.8. The Morgan fingerprint density at radius 3 is 2.71 bits per heavy atom. The molecule has 0 aromatic rings. The van der Waals surface area contributed by atoms with Gasteiger partial charge in [0.25, 0.3) is 0 Å². The average molecular weight is 328 g/mol. The summed E-state index contributed by atoms with van der Waals surface area (Å²) in [4.78, 5) is 23.3. The van der Waals surface area contributed by atoms with E-state index in [1.54, 1.807) is 6.08 Å². The van der Waals surface area contributed by atoms with Crippen LogP contribution in [0.25, 0.3) is 0 Å². The van der Waals surface area contributed by atoms with Gasteiger partial charge in [0.15, 0.2) is 5.78 Å². The van der Waals surface area contributed by atoms with Crippen molar-refractivity contribution in [2.45, 2.75) is 65.4 Å². The summed E-state index contributed by atoms with van der Waals surface area (Å²) in [6, 6.07) is 0. The number of ether oxygens (including phenoxy) is 1. The highest BCUT2D eigenvalue weighted by Crippen LogP contribution is 2.64. The van der Waals surface area contributed by atoms with Gasteiger partial charge in [-0.05, 0) is 68.4 Å². The molecule has 0 radical (unpaired) electrons. The number of carbonyl (C=O) groups excluding carboxylic acids is 2. The quantitative estimate of drug-likeness (QED) is 0.677. The van der Waals surface area contributed by atoms with Gasteiger partial charge in [-0.25, -0.2) is 0 Å². The second kappa shape index (κ2) is 5.31. The van der Waals surface area contributed by atoms with Gasteiger partial charge < -0.3 is 4.74 Å². The van der Waals surface area contributed by atoms with E-state index < -0.39 is 0 Å². The Morgan fingerprint density at radius 2 is 1.96 bits per heavy atom. The molecule has 6 atom stereocenters. The van der Waals surface area contributed by atoms with E-state index in [9.17, 15) is 9.59 Å². The first-order valence-corrected chi connectivity index (χ1v) is 9.46. The lowest BCUT2D eigenvalue weighted by atomic mass is 9.48. The van der Waals surface area contributed by atoms with Gasteiger partial charge in [-0.2, -0.15) is 0 Å². The van der Waals surface area contributed by atoms with Crippen molar-refractivity contribution >= 4 is 11.8 Å². The number of carbonyl (C=O) groups is 2. The fraction of sp³-hybridized carbons (Fsp3) is 0.714. The van der Waals surface area contributed by atoms with Crippen LogP contribution in [0.4, 0.5) is 0 Å². The molecular formula is C21H28O3. The molecule has 0 saturated heterocycles. The number of ketones is 1. The van der Waals surface area contributed by atoms with Crippen LogP contribution in [-0.2, 0) is 14.3 Å². The predicted molar refractivity (Wildman–Crippen MR) is 92.2 cm³/mol. The molecule has 0 N–H and O–H groups in total. The zero-order valence-electron chi connectivity index (χ0n) is 15.0. The number of hydrogen-bond acceptors (Lipinski definition) is 3. The van der Waals surface area contributed by atoms with E-state index in [0.717, 1.165) is 19.3 Å². The molecule has 0 spiro atoms. The fourth-order valence-electron chi connectivity index (χ4n) is 6.54. The monoisotopic (exact) mass is 328 g/mol. The van der Waals surface area contributed by atoms with E-state index >= 15 is 0 Å². The van der Waals surface area contributed by atoms with Crippen molar-refractivity contribution in [1.82, 2.24) is 0 Å². The van der Waals surface area contributed by atoms with Gasteiger partial charge in [0.2, 0.25) is 0 Å². The maximum atomic E-state index is 11.8. The van der Waals surface area contributed by atoms with Gasteiger partial charge in [-0.3, -0.25) is 9.59 Å². The normalized spacial score (nSPS) is 46.6. The lowest BCUT2D eigenvalue weighted by Crippen LogP contribution is -2.50. The van der Waals surface area contributed by atoms with E-state index in [1.165, 1.54) is 31.8 Å². The predicted octanol–water partition coefficient (Wildman–Crippen LogP) is 4.23. The highest BCUT2D eigenvalue weighted by molar-refractivity contribution is 6.01. The summed E-state index contributed by atoms with van der Waals surface area (Å²) < 4.78 is 5.70. The van der Waals surface area contributed by atoms with Crippen molar-refractivity contribution in [1.29, 1.82) is 0 Å². The molecule has 0 amide bonds. The third-order valence-electron chi connectivity index (χ3n) is 7.78. The summed E-state index contributed by atoms with van der Waals surface area (Å²) >= 11 is 0. The first-order valence-electron chi connectivity index (χ1n) is 9.46. The van der Waals surface area contributed by atoms with Crippen LogP contribution in [0.5, 0.6) is 0 Å². The molecule has 24 heavy (non-hydrogen) atoms. The Morgan fingerprint density at radius 1 is 1.17 bits per heavy atom. The van der Waals surface area contributed by atoms with Crippen LogP contribution < -0.4 is 0 Å². The molecule has 4 aliphatic carbocycles. The van der Waals surface area contributed by atoms with Gasteiger partial charge >= 0.3 is 5.97 Å². The lowest BCUT2D eigenvalue weighted by molar-refractivity contribution is -0.156. The molecule has 0 heterocycles. The van der Waals surface area contributed by atoms with Crippen molar-refractivity contribution in [2.24, 2.45) is 28.6 Å². The van der Waals surface area contributed by atoms with Crippen LogP contribution >= 0.6 is 0 Å². The Bertz CT molecular complexity index is 645. The van der Waals surface area contributed by atoms with Gasteiger partial charge in [0.1, 0.15) is 6.10 Å². The first-order chi connectivity index (χ1) is 11.3. The minimum Gasteiger partial charge on any atom is -0.462 e. The van der Waals surface area contributed by atoms with Gasteiger partial charge in [-0.15, -0.1) is 0 Å². The molecule has 0 aliphatic heterocycles. The topological polar surface area (TPSA) is 43.4 Å². The molecule has 4 rings (SSSR count). The maximum Gasteiger partial charge on any atom is 0.302 e. The molecular weight excluding hydrogens is 300 g/mol. The highest BCUT2D eigenvalue weighted by Gasteiger charge is 2.59. The van der Waals surface area contributed by atoms with Crippen molar-refractivity contribution in [2.75, 3.05) is 0 Å². The number of fused-ring (bicyclic) bond motifs is 5. The smallest absolute Gasteiger partial charge is 0.302 e. The minimum absolute atomic E-state index is 0.0533. The number of rotatable bonds is 1. The fourth-order valence-corrected chi connectivity index (χ4v) is 6.54. The second-order valence-electron chi connectivity index (χ2n) is 8.82. The van der Waals surface area contributed by atoms with Crippen LogP contribution in [0.3, 0.4) is 0 Å². The molecule has 3 heteroatoms. The first kappa shape index (κ1) is 16.1. The van der Waals surface area contributed by atoms with Crippen molar-refractivity contribution in [3.05, 3.63) is 23.8 Å². The Labute approximate surface area is 144 Å². The number of allylic oxidation sites excluding steroid dienone is 4. The molecule has 130 valence electrons. The van der Waals surface area contributed by atoms with E-state index in [4.69, 9.17) is 4.74 Å². The largest absolute Gasteiger partial charge is 0.462 e. The van der Waals surface area contributed by atoms with Crippen molar-refractivity contribution in [3.8, 4) is 0 Å². The van der Waals surface area contributed by atoms with E-state index in [-0.39, 0.29) is 28.7 Å². The standard InChI is InChI=1S/C21H28O3/c1-13(22)24-19-7-6-17-16-5-4-14-12-15(23)8-10-20(14,2)18(16)9-11-21(17,19)3/h8,10,12,16-19H,4-7,9,11H2,1-3H3/t16?,17?,18?,19-,20-,21-/m0/s1. The van der Waals surface area contributed by atoms with Crippen molar-refractivity contribution < 1.29 is 14.3 Å². The van der Waals surface area contributed by atoms with Gasteiger partial charge in [0.05, 0.1) is 0 Å². The van der Waals surface area contributed by atoms with E-state index in [1.807, 2.05) is 6.08 Å². The molecule has 3 fully saturated rings. The van der Waals surface area contributed by atoms with Crippen molar-refractivity contribution in [3.63, 3.8) is 0 Å². The Hall–Kier alpha value is -1.38. The Kier molecular flexibility index (Phi) is 3.56. The lowest BCUT2D eigenvalue weighted by Gasteiger charge is -2.56. The summed E-state index contributed by atoms with van der Waals surface area (Å²) in [5, 5.41) is 0. The van der Waals surface area contributed by atoms with Crippen LogP contribution in [0.2, 0.25) is 0 Å². The summed E-state index contributed by atoms with van der Waals surface area (Å²) in [6.07, 6.45) is 12.6. The van der Waals surface area contributed by atoms with Gasteiger partial charge in [-0.1, -0.05) is 25.5 Å². The molecule has 0 aromatic heterocycles. The third kappa shape index (κ3) is 2.16. The summed E-state index contributed by atoms with van der Waals surface area (Å²) in [5.41, 5.74) is 1.53. The third-order valence-corrected chi connectivity index (χ3v) is 7.78. The molecule has 0 aromatic carbocycles. The highest BCUT2D eigenvalue weighted by atomic mass is 16.5. The molecule has 0 bridgehead atoms.